The van der Waals surface area contributed by atoms with Crippen molar-refractivity contribution in [3.8, 4) is 0 Å². The van der Waals surface area contributed by atoms with E-state index >= 15 is 0 Å². The molecular formula is C11H16N2O. The summed E-state index contributed by atoms with van der Waals surface area (Å²) in [6, 6.07) is 5.93. The van der Waals surface area contributed by atoms with Crippen LogP contribution in [0.3, 0.4) is 0 Å². The number of aryl methyl sites for hydroxylation is 1. The number of carbonyl (C=O) groups excluding carboxylic acids is 1. The zero-order valence-corrected chi connectivity index (χ0v) is 8.95. The first-order valence-electron chi connectivity index (χ1n) is 4.68. The van der Waals surface area contributed by atoms with Gasteiger partial charge in [0.25, 0.3) is 0 Å². The van der Waals surface area contributed by atoms with Gasteiger partial charge in [-0.2, -0.15) is 0 Å². The molecule has 0 bridgehead atoms. The number of carbonyl (C=O) groups is 1. The monoisotopic (exact) mass is 192 g/mol. The van der Waals surface area contributed by atoms with E-state index in [2.05, 4.69) is 4.98 Å². The largest absolute Gasteiger partial charge is 0.299 e. The molecule has 0 aliphatic rings. The third kappa shape index (κ3) is 3.66. The van der Waals surface area contributed by atoms with Crippen LogP contribution < -0.4 is 0 Å². The maximum atomic E-state index is 10.8. The van der Waals surface area contributed by atoms with Gasteiger partial charge in [-0.15, -0.1) is 0 Å². The van der Waals surface area contributed by atoms with Crippen molar-refractivity contribution in [2.24, 2.45) is 0 Å². The van der Waals surface area contributed by atoms with Crippen molar-refractivity contribution in [2.75, 3.05) is 13.6 Å². The SMILES string of the molecule is CC(=O)CN(C)Cc1cccc(C)n1. The van der Waals surface area contributed by atoms with Crippen LogP contribution in [0.1, 0.15) is 18.3 Å². The third-order valence-electron chi connectivity index (χ3n) is 1.87. The van der Waals surface area contributed by atoms with Gasteiger partial charge in [0.15, 0.2) is 0 Å². The molecule has 3 heteroatoms. The van der Waals surface area contributed by atoms with Gasteiger partial charge >= 0.3 is 0 Å². The van der Waals surface area contributed by atoms with Crippen LogP contribution in [0.15, 0.2) is 18.2 Å². The first-order valence-corrected chi connectivity index (χ1v) is 4.68. The van der Waals surface area contributed by atoms with E-state index in [4.69, 9.17) is 0 Å². The van der Waals surface area contributed by atoms with E-state index < -0.39 is 0 Å². The second kappa shape index (κ2) is 4.86. The number of rotatable bonds is 4. The number of Topliss-reactive ketones (excluding diaryl/α,β-unsaturated/α-hetero) is 1. The summed E-state index contributed by atoms with van der Waals surface area (Å²) in [6.07, 6.45) is 0. The lowest BCUT2D eigenvalue weighted by molar-refractivity contribution is -0.117. The van der Waals surface area contributed by atoms with Crippen molar-refractivity contribution in [3.05, 3.63) is 29.6 Å². The quantitative estimate of drug-likeness (QED) is 0.723. The molecule has 0 aliphatic heterocycles. The predicted molar refractivity (Wildman–Crippen MR) is 56.0 cm³/mol. The Hall–Kier alpha value is -1.22. The second-order valence-corrected chi connectivity index (χ2v) is 3.64. The molecule has 0 amide bonds. The van der Waals surface area contributed by atoms with Crippen LogP contribution in [0.5, 0.6) is 0 Å². The molecule has 0 aliphatic carbocycles. The van der Waals surface area contributed by atoms with Gasteiger partial charge in [0.2, 0.25) is 0 Å². The van der Waals surface area contributed by atoms with Gasteiger partial charge in [-0.25, -0.2) is 0 Å². The zero-order valence-electron chi connectivity index (χ0n) is 8.95. The minimum Gasteiger partial charge on any atom is -0.299 e. The molecule has 0 fully saturated rings. The summed E-state index contributed by atoms with van der Waals surface area (Å²) in [5, 5.41) is 0. The van der Waals surface area contributed by atoms with E-state index in [0.29, 0.717) is 6.54 Å². The molecule has 1 aromatic rings. The number of aromatic nitrogens is 1. The van der Waals surface area contributed by atoms with Gasteiger partial charge in [0, 0.05) is 12.2 Å². The van der Waals surface area contributed by atoms with E-state index in [-0.39, 0.29) is 5.78 Å². The fraction of sp³-hybridized carbons (Fsp3) is 0.455. The van der Waals surface area contributed by atoms with Crippen LogP contribution in [-0.2, 0) is 11.3 Å². The summed E-state index contributed by atoms with van der Waals surface area (Å²) in [5.74, 6) is 0.181. The fourth-order valence-electron chi connectivity index (χ4n) is 1.40. The standard InChI is InChI=1S/C11H16N2O/c1-9-5-4-6-11(12-9)8-13(3)7-10(2)14/h4-6H,7-8H2,1-3H3. The summed E-state index contributed by atoms with van der Waals surface area (Å²) in [5.41, 5.74) is 2.02. The summed E-state index contributed by atoms with van der Waals surface area (Å²) in [4.78, 5) is 17.2. The second-order valence-electron chi connectivity index (χ2n) is 3.64. The number of likely N-dealkylation sites (N-methyl/N-ethyl adjacent to an activating group) is 1. The van der Waals surface area contributed by atoms with Gasteiger partial charge in [0.05, 0.1) is 12.2 Å². The van der Waals surface area contributed by atoms with Crippen molar-refractivity contribution in [1.29, 1.82) is 0 Å². The Morgan fingerprint density at radius 2 is 2.21 bits per heavy atom. The third-order valence-corrected chi connectivity index (χ3v) is 1.87. The average Bonchev–Trinajstić information content (AvgIpc) is 2.01. The Labute approximate surface area is 84.8 Å². The van der Waals surface area contributed by atoms with Crippen molar-refractivity contribution < 1.29 is 4.79 Å². The predicted octanol–water partition coefficient (Wildman–Crippen LogP) is 1.41. The molecular weight excluding hydrogens is 176 g/mol. The van der Waals surface area contributed by atoms with Crippen molar-refractivity contribution in [2.45, 2.75) is 20.4 Å². The number of hydrogen-bond donors (Lipinski definition) is 0. The molecule has 0 spiro atoms. The highest BCUT2D eigenvalue weighted by Crippen LogP contribution is 2.01. The van der Waals surface area contributed by atoms with Crippen molar-refractivity contribution >= 4 is 5.78 Å². The van der Waals surface area contributed by atoms with Crippen molar-refractivity contribution in [3.63, 3.8) is 0 Å². The zero-order chi connectivity index (χ0) is 10.6. The van der Waals surface area contributed by atoms with Gasteiger partial charge < -0.3 is 0 Å². The average molecular weight is 192 g/mol. The minimum absolute atomic E-state index is 0.181. The normalized spacial score (nSPS) is 10.6. The summed E-state index contributed by atoms with van der Waals surface area (Å²) >= 11 is 0. The van der Waals surface area contributed by atoms with E-state index in [0.717, 1.165) is 17.9 Å². The highest BCUT2D eigenvalue weighted by Gasteiger charge is 2.03. The van der Waals surface area contributed by atoms with Crippen LogP contribution in [-0.4, -0.2) is 29.3 Å². The minimum atomic E-state index is 0.181. The number of nitrogens with zero attached hydrogens (tertiary/aromatic N) is 2. The molecule has 0 radical (unpaired) electrons. The van der Waals surface area contributed by atoms with Crippen LogP contribution in [0.4, 0.5) is 0 Å². The molecule has 3 nitrogen and oxygen atoms in total. The number of ketones is 1. The highest BCUT2D eigenvalue weighted by molar-refractivity contribution is 5.77. The van der Waals surface area contributed by atoms with Crippen LogP contribution in [0.25, 0.3) is 0 Å². The number of pyridine rings is 1. The van der Waals surface area contributed by atoms with Crippen LogP contribution in [0, 0.1) is 6.92 Å². The smallest absolute Gasteiger partial charge is 0.143 e. The van der Waals surface area contributed by atoms with Crippen molar-refractivity contribution in [1.82, 2.24) is 9.88 Å². The molecule has 0 saturated carbocycles. The molecule has 1 rings (SSSR count). The Balaban J connectivity index is 2.55. The molecule has 0 saturated heterocycles. The maximum absolute atomic E-state index is 10.8. The van der Waals surface area contributed by atoms with E-state index in [1.54, 1.807) is 6.92 Å². The molecule has 76 valence electrons. The molecule has 1 aromatic heterocycles. The molecule has 0 unspecified atom stereocenters. The molecule has 0 atom stereocenters. The van der Waals surface area contributed by atoms with E-state index in [1.807, 2.05) is 37.1 Å². The Morgan fingerprint density at radius 1 is 1.50 bits per heavy atom. The van der Waals surface area contributed by atoms with Gasteiger partial charge in [-0.05, 0) is 33.0 Å². The lowest BCUT2D eigenvalue weighted by atomic mass is 10.3. The number of hydrogen-bond acceptors (Lipinski definition) is 3. The fourth-order valence-corrected chi connectivity index (χ4v) is 1.40. The first-order chi connectivity index (χ1) is 6.58. The molecule has 1 heterocycles. The first kappa shape index (κ1) is 10.9. The van der Waals surface area contributed by atoms with Crippen LogP contribution >= 0.6 is 0 Å². The lowest BCUT2D eigenvalue weighted by Crippen LogP contribution is -2.24. The molecule has 14 heavy (non-hydrogen) atoms. The van der Waals surface area contributed by atoms with E-state index in [9.17, 15) is 4.79 Å². The maximum Gasteiger partial charge on any atom is 0.143 e. The van der Waals surface area contributed by atoms with Gasteiger partial charge in [0.1, 0.15) is 5.78 Å². The summed E-state index contributed by atoms with van der Waals surface area (Å²) in [6.45, 7) is 4.77. The van der Waals surface area contributed by atoms with E-state index in [1.165, 1.54) is 0 Å². The highest BCUT2D eigenvalue weighted by atomic mass is 16.1. The van der Waals surface area contributed by atoms with Gasteiger partial charge in [-0.1, -0.05) is 6.07 Å². The Kier molecular flexibility index (Phi) is 3.77. The molecule has 0 aromatic carbocycles. The summed E-state index contributed by atoms with van der Waals surface area (Å²) < 4.78 is 0. The van der Waals surface area contributed by atoms with Crippen LogP contribution in [0.2, 0.25) is 0 Å². The topological polar surface area (TPSA) is 33.2 Å². The summed E-state index contributed by atoms with van der Waals surface area (Å²) in [7, 11) is 1.92. The molecule has 0 N–H and O–H groups in total. The van der Waals surface area contributed by atoms with Gasteiger partial charge in [-0.3, -0.25) is 14.7 Å². The Morgan fingerprint density at radius 3 is 2.79 bits per heavy atom. The Bertz CT molecular complexity index is 323. The lowest BCUT2D eigenvalue weighted by Gasteiger charge is -2.13.